The van der Waals surface area contributed by atoms with Gasteiger partial charge in [-0.2, -0.15) is 11.8 Å². The molecule has 2 unspecified atom stereocenters. The van der Waals surface area contributed by atoms with E-state index in [-0.39, 0.29) is 5.91 Å². The highest BCUT2D eigenvalue weighted by molar-refractivity contribution is 7.98. The lowest BCUT2D eigenvalue weighted by Crippen LogP contribution is -2.36. The van der Waals surface area contributed by atoms with Crippen molar-refractivity contribution in [1.29, 1.82) is 0 Å². The molecule has 0 radical (unpaired) electrons. The Morgan fingerprint density at radius 3 is 3.00 bits per heavy atom. The molecular weight excluding hydrogens is 240 g/mol. The SMILES string of the molecule is CSCC(C)CNC(=O)C(N)c1cccs1. The zero-order valence-corrected chi connectivity index (χ0v) is 11.2. The van der Waals surface area contributed by atoms with Crippen LogP contribution in [0.5, 0.6) is 0 Å². The van der Waals surface area contributed by atoms with E-state index in [1.54, 1.807) is 11.8 Å². The summed E-state index contributed by atoms with van der Waals surface area (Å²) in [6, 6.07) is 3.27. The van der Waals surface area contributed by atoms with Crippen molar-refractivity contribution < 1.29 is 4.79 Å². The summed E-state index contributed by atoms with van der Waals surface area (Å²) in [6.45, 7) is 2.81. The average Bonchev–Trinajstić information content (AvgIpc) is 2.78. The van der Waals surface area contributed by atoms with Crippen LogP contribution < -0.4 is 11.1 Å². The Morgan fingerprint density at radius 2 is 2.44 bits per heavy atom. The fraction of sp³-hybridized carbons (Fsp3) is 0.545. The molecule has 0 aliphatic heterocycles. The Hall–Kier alpha value is -0.520. The third kappa shape index (κ3) is 4.15. The van der Waals surface area contributed by atoms with Crippen molar-refractivity contribution in [3.05, 3.63) is 22.4 Å². The molecule has 1 heterocycles. The van der Waals surface area contributed by atoms with Crippen LogP contribution >= 0.6 is 23.1 Å². The molecule has 0 saturated carbocycles. The summed E-state index contributed by atoms with van der Waals surface area (Å²) in [4.78, 5) is 12.6. The van der Waals surface area contributed by atoms with E-state index in [9.17, 15) is 4.79 Å². The van der Waals surface area contributed by atoms with Gasteiger partial charge >= 0.3 is 0 Å². The molecule has 0 aliphatic rings. The molecule has 0 spiro atoms. The monoisotopic (exact) mass is 258 g/mol. The molecule has 5 heteroatoms. The molecule has 1 aromatic heterocycles. The number of hydrogen-bond acceptors (Lipinski definition) is 4. The van der Waals surface area contributed by atoms with Crippen molar-refractivity contribution in [3.8, 4) is 0 Å². The molecule has 3 nitrogen and oxygen atoms in total. The van der Waals surface area contributed by atoms with Crippen molar-refractivity contribution >= 4 is 29.0 Å². The molecule has 1 aromatic rings. The molecule has 3 N–H and O–H groups in total. The first-order valence-electron chi connectivity index (χ1n) is 5.20. The Kier molecular flexibility index (Phi) is 5.87. The number of nitrogens with one attached hydrogen (secondary N) is 1. The van der Waals surface area contributed by atoms with Crippen molar-refractivity contribution in [1.82, 2.24) is 5.32 Å². The summed E-state index contributed by atoms with van der Waals surface area (Å²) < 4.78 is 0. The van der Waals surface area contributed by atoms with E-state index in [0.717, 1.165) is 10.6 Å². The Bertz CT molecular complexity index is 314. The molecule has 0 fully saturated rings. The van der Waals surface area contributed by atoms with Gasteiger partial charge in [-0.25, -0.2) is 0 Å². The second-order valence-electron chi connectivity index (χ2n) is 3.80. The van der Waals surface area contributed by atoms with Gasteiger partial charge in [-0.05, 0) is 29.4 Å². The minimum absolute atomic E-state index is 0.0876. The second-order valence-corrected chi connectivity index (χ2v) is 5.69. The number of thiophene rings is 1. The molecule has 1 rings (SSSR count). The predicted octanol–water partition coefficient (Wildman–Crippen LogP) is 1.86. The molecule has 0 bridgehead atoms. The lowest BCUT2D eigenvalue weighted by molar-refractivity contribution is -0.122. The van der Waals surface area contributed by atoms with Gasteiger partial charge in [0.2, 0.25) is 5.91 Å². The predicted molar refractivity (Wildman–Crippen MR) is 71.8 cm³/mol. The van der Waals surface area contributed by atoms with Gasteiger partial charge in [0.25, 0.3) is 0 Å². The average molecular weight is 258 g/mol. The van der Waals surface area contributed by atoms with Crippen LogP contribution in [0, 0.1) is 5.92 Å². The highest BCUT2D eigenvalue weighted by Gasteiger charge is 2.16. The molecule has 1 amide bonds. The Labute approximate surface area is 105 Å². The number of carbonyl (C=O) groups excluding carboxylic acids is 1. The van der Waals surface area contributed by atoms with Crippen LogP contribution in [-0.4, -0.2) is 24.5 Å². The van der Waals surface area contributed by atoms with E-state index in [1.807, 2.05) is 17.5 Å². The quantitative estimate of drug-likeness (QED) is 0.819. The van der Waals surface area contributed by atoms with E-state index >= 15 is 0 Å². The Balaban J connectivity index is 2.35. The van der Waals surface area contributed by atoms with Crippen LogP contribution in [-0.2, 0) is 4.79 Å². The van der Waals surface area contributed by atoms with Crippen LogP contribution in [0.1, 0.15) is 17.8 Å². The maximum atomic E-state index is 11.7. The van der Waals surface area contributed by atoms with Crippen molar-refractivity contribution in [2.24, 2.45) is 11.7 Å². The van der Waals surface area contributed by atoms with Gasteiger partial charge in [0.05, 0.1) is 0 Å². The number of carbonyl (C=O) groups is 1. The smallest absolute Gasteiger partial charge is 0.242 e. The van der Waals surface area contributed by atoms with E-state index in [2.05, 4.69) is 18.5 Å². The number of nitrogens with two attached hydrogens (primary N) is 1. The van der Waals surface area contributed by atoms with Gasteiger partial charge < -0.3 is 11.1 Å². The van der Waals surface area contributed by atoms with Crippen LogP contribution in [0.3, 0.4) is 0 Å². The van der Waals surface area contributed by atoms with Gasteiger partial charge in [0.15, 0.2) is 0 Å². The summed E-state index contributed by atoms with van der Waals surface area (Å²) >= 11 is 3.30. The highest BCUT2D eigenvalue weighted by atomic mass is 32.2. The van der Waals surface area contributed by atoms with Crippen molar-refractivity contribution in [3.63, 3.8) is 0 Å². The lowest BCUT2D eigenvalue weighted by atomic mass is 10.2. The van der Waals surface area contributed by atoms with E-state index in [1.165, 1.54) is 11.3 Å². The first kappa shape index (κ1) is 13.5. The van der Waals surface area contributed by atoms with Gasteiger partial charge in [-0.15, -0.1) is 11.3 Å². The first-order valence-corrected chi connectivity index (χ1v) is 7.48. The zero-order valence-electron chi connectivity index (χ0n) is 9.60. The van der Waals surface area contributed by atoms with Gasteiger partial charge in [0, 0.05) is 11.4 Å². The third-order valence-corrected chi connectivity index (χ3v) is 4.07. The summed E-state index contributed by atoms with van der Waals surface area (Å²) in [6.07, 6.45) is 2.07. The van der Waals surface area contributed by atoms with E-state index in [0.29, 0.717) is 12.5 Å². The van der Waals surface area contributed by atoms with Crippen LogP contribution in [0.2, 0.25) is 0 Å². The maximum absolute atomic E-state index is 11.7. The Morgan fingerprint density at radius 1 is 1.69 bits per heavy atom. The topological polar surface area (TPSA) is 55.1 Å². The molecular formula is C11H18N2OS2. The fourth-order valence-corrected chi connectivity index (χ4v) is 2.74. The molecule has 90 valence electrons. The number of amides is 1. The standard InChI is InChI=1S/C11H18N2OS2/c1-8(7-15-2)6-13-11(14)10(12)9-4-3-5-16-9/h3-5,8,10H,6-7,12H2,1-2H3,(H,13,14). The van der Waals surface area contributed by atoms with Crippen LogP contribution in [0.25, 0.3) is 0 Å². The zero-order chi connectivity index (χ0) is 12.0. The molecule has 2 atom stereocenters. The maximum Gasteiger partial charge on any atom is 0.242 e. The normalized spacial score (nSPS) is 14.4. The first-order chi connectivity index (χ1) is 7.65. The minimum atomic E-state index is -0.526. The van der Waals surface area contributed by atoms with E-state index < -0.39 is 6.04 Å². The molecule has 0 aliphatic carbocycles. The number of thioether (sulfide) groups is 1. The van der Waals surface area contributed by atoms with E-state index in [4.69, 9.17) is 5.73 Å². The summed E-state index contributed by atoms with van der Waals surface area (Å²) in [5.74, 6) is 1.44. The second kappa shape index (κ2) is 6.93. The lowest BCUT2D eigenvalue weighted by Gasteiger charge is -2.14. The van der Waals surface area contributed by atoms with Crippen LogP contribution in [0.4, 0.5) is 0 Å². The van der Waals surface area contributed by atoms with Crippen molar-refractivity contribution in [2.75, 3.05) is 18.6 Å². The molecule has 0 saturated heterocycles. The molecule has 16 heavy (non-hydrogen) atoms. The van der Waals surface area contributed by atoms with Crippen molar-refractivity contribution in [2.45, 2.75) is 13.0 Å². The number of rotatable bonds is 6. The number of hydrogen-bond donors (Lipinski definition) is 2. The summed E-state index contributed by atoms with van der Waals surface area (Å²) in [5, 5.41) is 4.81. The summed E-state index contributed by atoms with van der Waals surface area (Å²) in [5.41, 5.74) is 5.84. The van der Waals surface area contributed by atoms with Gasteiger partial charge in [-0.1, -0.05) is 13.0 Å². The van der Waals surface area contributed by atoms with Crippen LogP contribution in [0.15, 0.2) is 17.5 Å². The largest absolute Gasteiger partial charge is 0.354 e. The highest BCUT2D eigenvalue weighted by Crippen LogP contribution is 2.16. The van der Waals surface area contributed by atoms with Gasteiger partial charge in [-0.3, -0.25) is 4.79 Å². The third-order valence-electron chi connectivity index (χ3n) is 2.21. The fourth-order valence-electron chi connectivity index (χ4n) is 1.33. The minimum Gasteiger partial charge on any atom is -0.354 e. The van der Waals surface area contributed by atoms with Gasteiger partial charge in [0.1, 0.15) is 6.04 Å². The summed E-state index contributed by atoms with van der Waals surface area (Å²) in [7, 11) is 0. The molecule has 0 aromatic carbocycles.